The quantitative estimate of drug-likeness (QED) is 0.779. The Bertz CT molecular complexity index is 288. The van der Waals surface area contributed by atoms with E-state index in [4.69, 9.17) is 16.3 Å². The summed E-state index contributed by atoms with van der Waals surface area (Å²) in [4.78, 5) is 10.5. The Morgan fingerprint density at radius 1 is 1.50 bits per heavy atom. The van der Waals surface area contributed by atoms with Crippen LogP contribution in [-0.2, 0) is 11.3 Å². The molecule has 0 aliphatic carbocycles. The summed E-state index contributed by atoms with van der Waals surface area (Å²) in [6.45, 7) is 0.268. The predicted molar refractivity (Wildman–Crippen MR) is 47.4 cm³/mol. The zero-order valence-corrected chi connectivity index (χ0v) is 9.82. The molecule has 1 rings (SSSR count). The number of hydrogen-bond acceptors (Lipinski definition) is 2. The van der Waals surface area contributed by atoms with E-state index in [-0.39, 0.29) is 10.6 Å². The first-order valence-electron chi connectivity index (χ1n) is 3.32. The molecule has 0 amide bonds. The van der Waals surface area contributed by atoms with E-state index >= 15 is 0 Å². The monoisotopic (exact) mass is 289 g/mol. The van der Waals surface area contributed by atoms with Gasteiger partial charge in [0.25, 0.3) is 0 Å². The number of ether oxygens (including phenoxy) is 1. The summed E-state index contributed by atoms with van der Waals surface area (Å²) >= 11 is 6.58. The molecule has 0 saturated carbocycles. The molecule has 1 aromatic carbocycles. The van der Waals surface area contributed by atoms with Crippen molar-refractivity contribution in [3.63, 3.8) is 0 Å². The third kappa shape index (κ3) is 3.03. The van der Waals surface area contributed by atoms with Crippen LogP contribution in [0.5, 0.6) is 0 Å². The maximum absolute atomic E-state index is 10.5. The van der Waals surface area contributed by atoms with Gasteiger partial charge in [0.1, 0.15) is 0 Å². The number of carbonyl (C=O) groups is 1. The van der Waals surface area contributed by atoms with Crippen LogP contribution in [0.2, 0.25) is 5.02 Å². The van der Waals surface area contributed by atoms with Crippen molar-refractivity contribution in [2.45, 2.75) is 6.61 Å². The Morgan fingerprint density at radius 2 is 2.17 bits per heavy atom. The van der Waals surface area contributed by atoms with Crippen LogP contribution in [0.1, 0.15) is 5.56 Å². The number of rotatable bonds is 2. The second-order valence-corrected chi connectivity index (χ2v) is 3.74. The van der Waals surface area contributed by atoms with E-state index in [1.54, 1.807) is 6.07 Å². The number of halogens is 1. The molecule has 0 heterocycles. The van der Waals surface area contributed by atoms with Crippen molar-refractivity contribution < 1.29 is 9.53 Å². The van der Waals surface area contributed by atoms with Crippen LogP contribution in [0.15, 0.2) is 24.3 Å². The van der Waals surface area contributed by atoms with Crippen molar-refractivity contribution in [2.75, 3.05) is 0 Å². The van der Waals surface area contributed by atoms with Gasteiger partial charge in [-0.3, -0.25) is 0 Å². The van der Waals surface area contributed by atoms with E-state index < -0.39 is 0 Å². The van der Waals surface area contributed by atoms with Gasteiger partial charge in [-0.2, -0.15) is 0 Å². The second-order valence-electron chi connectivity index (χ2n) is 2.17. The van der Waals surface area contributed by atoms with Crippen molar-refractivity contribution in [1.82, 2.24) is 0 Å². The topological polar surface area (TPSA) is 26.3 Å². The molecule has 0 unspecified atom stereocenters. The molecule has 0 N–H and O–H groups in total. The van der Waals surface area contributed by atoms with Gasteiger partial charge in [-0.1, -0.05) is 0 Å². The molecular weight excluding hydrogens is 282 g/mol. The van der Waals surface area contributed by atoms with Crippen molar-refractivity contribution >= 4 is 38.1 Å². The standard InChI is InChI=1S/C8H6ClO2.Sn/c9-8-4-2-1-3-7(8)5-11-6-10;/h1-4H,5H2;. The maximum atomic E-state index is 10.5. The first kappa shape index (κ1) is 9.86. The van der Waals surface area contributed by atoms with Gasteiger partial charge in [0.05, 0.1) is 0 Å². The van der Waals surface area contributed by atoms with Crippen LogP contribution < -0.4 is 0 Å². The molecule has 0 aromatic heterocycles. The van der Waals surface area contributed by atoms with E-state index in [2.05, 4.69) is 0 Å². The molecule has 61 valence electrons. The molecule has 0 bridgehead atoms. The van der Waals surface area contributed by atoms with Crippen molar-refractivity contribution in [2.24, 2.45) is 0 Å². The van der Waals surface area contributed by atoms with Crippen molar-refractivity contribution in [3.8, 4) is 0 Å². The third-order valence-corrected chi connectivity index (χ3v) is 2.10. The Balaban J connectivity index is 2.63. The van der Waals surface area contributed by atoms with Crippen LogP contribution in [0.25, 0.3) is 0 Å². The Morgan fingerprint density at radius 3 is 2.75 bits per heavy atom. The SMILES string of the molecule is O=[C]([Sn])OCc1ccccc1Cl. The number of benzene rings is 1. The Kier molecular flexibility index (Phi) is 3.88. The van der Waals surface area contributed by atoms with Gasteiger partial charge in [-0.15, -0.1) is 0 Å². The molecule has 0 fully saturated rings. The third-order valence-electron chi connectivity index (χ3n) is 1.32. The predicted octanol–water partition coefficient (Wildman–Crippen LogP) is 2.15. The molecular formula is C8H6ClO2Sn. The summed E-state index contributed by atoms with van der Waals surface area (Å²) in [5.74, 6) is 0. The van der Waals surface area contributed by atoms with Gasteiger partial charge >= 0.3 is 89.1 Å². The zero-order chi connectivity index (χ0) is 8.97. The molecule has 3 radical (unpaired) electrons. The molecule has 0 saturated heterocycles. The normalized spacial score (nSPS) is 9.50. The Labute approximate surface area is 88.9 Å². The van der Waals surface area contributed by atoms with Gasteiger partial charge in [-0.05, 0) is 0 Å². The summed E-state index contributed by atoms with van der Waals surface area (Å²) in [6.07, 6.45) is 0. The van der Waals surface area contributed by atoms with E-state index in [0.29, 0.717) is 5.02 Å². The first-order chi connectivity index (χ1) is 5.70. The Hall–Kier alpha value is -0.221. The number of carbonyl (C=O) groups excluding carboxylic acids is 1. The van der Waals surface area contributed by atoms with Gasteiger partial charge in [-0.25, -0.2) is 0 Å². The fraction of sp³-hybridized carbons (Fsp3) is 0.125. The molecule has 0 atom stereocenters. The van der Waals surface area contributed by atoms with Crippen LogP contribution in [0.3, 0.4) is 0 Å². The molecule has 4 heteroatoms. The van der Waals surface area contributed by atoms with Crippen LogP contribution in [0, 0.1) is 0 Å². The molecule has 0 aliphatic heterocycles. The molecule has 0 spiro atoms. The van der Waals surface area contributed by atoms with Gasteiger partial charge in [0.2, 0.25) is 0 Å². The number of hydrogen-bond donors (Lipinski definition) is 0. The van der Waals surface area contributed by atoms with Gasteiger partial charge in [0.15, 0.2) is 0 Å². The summed E-state index contributed by atoms with van der Waals surface area (Å²) in [5, 5.41) is 0.634. The van der Waals surface area contributed by atoms with Gasteiger partial charge in [0, 0.05) is 0 Å². The van der Waals surface area contributed by atoms with Crippen LogP contribution >= 0.6 is 11.6 Å². The summed E-state index contributed by atoms with van der Waals surface area (Å²) in [6, 6.07) is 7.30. The van der Waals surface area contributed by atoms with E-state index in [1.807, 2.05) is 18.2 Å². The molecule has 2 nitrogen and oxygen atoms in total. The average molecular weight is 288 g/mol. The minimum absolute atomic E-state index is 0.206. The zero-order valence-electron chi connectivity index (χ0n) is 6.21. The molecule has 1 aromatic rings. The summed E-state index contributed by atoms with van der Waals surface area (Å²) in [5.41, 5.74) is 0.843. The summed E-state index contributed by atoms with van der Waals surface area (Å²) < 4.78 is 4.62. The molecule has 12 heavy (non-hydrogen) atoms. The van der Waals surface area contributed by atoms with Gasteiger partial charge < -0.3 is 0 Å². The van der Waals surface area contributed by atoms with Crippen molar-refractivity contribution in [1.29, 1.82) is 0 Å². The van der Waals surface area contributed by atoms with Crippen molar-refractivity contribution in [3.05, 3.63) is 34.9 Å². The van der Waals surface area contributed by atoms with E-state index in [1.165, 1.54) is 0 Å². The fourth-order valence-electron chi connectivity index (χ4n) is 0.759. The fourth-order valence-corrected chi connectivity index (χ4v) is 1.16. The van der Waals surface area contributed by atoms with E-state index in [0.717, 1.165) is 28.1 Å². The molecule has 0 aliphatic rings. The summed E-state index contributed by atoms with van der Waals surface area (Å²) in [7, 11) is 0. The minimum atomic E-state index is -0.206. The van der Waals surface area contributed by atoms with Crippen LogP contribution in [0.4, 0.5) is 4.79 Å². The van der Waals surface area contributed by atoms with Crippen LogP contribution in [-0.4, -0.2) is 26.5 Å². The second kappa shape index (κ2) is 4.72. The van der Waals surface area contributed by atoms with E-state index in [9.17, 15) is 4.79 Å². The first-order valence-corrected chi connectivity index (χ1v) is 5.12. The average Bonchev–Trinajstić information content (AvgIpc) is 2.03.